The molecule has 1 amide bonds. The molecule has 0 spiro atoms. The SMILES string of the molecule is CC1(C)O[C@H]2[C@H](O1)[C@@H](CO)O[C@H]2n1cnc2c(NC(=O)c3ccc(Br)cc3)ncnc21. The molecule has 2 N–H and O–H groups in total. The highest BCUT2D eigenvalue weighted by molar-refractivity contribution is 9.10. The van der Waals surface area contributed by atoms with Crippen LogP contribution in [0.25, 0.3) is 11.2 Å². The summed E-state index contributed by atoms with van der Waals surface area (Å²) in [7, 11) is 0. The zero-order chi connectivity index (χ0) is 21.8. The van der Waals surface area contributed by atoms with Crippen molar-refractivity contribution in [2.24, 2.45) is 0 Å². The number of nitrogens with zero attached hydrogens (tertiary/aromatic N) is 4. The topological polar surface area (TPSA) is 121 Å². The van der Waals surface area contributed by atoms with E-state index in [9.17, 15) is 9.90 Å². The number of hydrogen-bond donors (Lipinski definition) is 2. The third-order valence-corrected chi connectivity index (χ3v) is 5.81. The van der Waals surface area contributed by atoms with Gasteiger partial charge in [-0.3, -0.25) is 9.36 Å². The summed E-state index contributed by atoms with van der Waals surface area (Å²) in [4.78, 5) is 25.5. The maximum absolute atomic E-state index is 12.6. The van der Waals surface area contributed by atoms with Crippen LogP contribution in [-0.4, -0.2) is 61.2 Å². The number of halogens is 1. The molecule has 0 radical (unpaired) electrons. The molecule has 2 fully saturated rings. The van der Waals surface area contributed by atoms with Gasteiger partial charge in [-0.25, -0.2) is 15.0 Å². The lowest BCUT2D eigenvalue weighted by molar-refractivity contribution is -0.199. The van der Waals surface area contributed by atoms with Gasteiger partial charge in [0.2, 0.25) is 0 Å². The number of carbonyl (C=O) groups excluding carboxylic acids is 1. The van der Waals surface area contributed by atoms with Gasteiger partial charge in [0.15, 0.2) is 29.0 Å². The van der Waals surface area contributed by atoms with E-state index in [1.54, 1.807) is 35.2 Å². The van der Waals surface area contributed by atoms with Crippen LogP contribution in [0.4, 0.5) is 5.82 Å². The summed E-state index contributed by atoms with van der Waals surface area (Å²) < 4.78 is 20.5. The maximum Gasteiger partial charge on any atom is 0.256 e. The highest BCUT2D eigenvalue weighted by Crippen LogP contribution is 2.43. The predicted octanol–water partition coefficient (Wildman–Crippen LogP) is 2.25. The van der Waals surface area contributed by atoms with Crippen LogP contribution in [0.2, 0.25) is 0 Å². The number of anilines is 1. The molecule has 2 saturated heterocycles. The Morgan fingerprint density at radius 3 is 2.68 bits per heavy atom. The van der Waals surface area contributed by atoms with Crippen molar-refractivity contribution in [1.82, 2.24) is 19.5 Å². The summed E-state index contributed by atoms with van der Waals surface area (Å²) in [6, 6.07) is 6.99. The molecule has 11 heteroatoms. The van der Waals surface area contributed by atoms with Gasteiger partial charge in [0.25, 0.3) is 5.91 Å². The Labute approximate surface area is 185 Å². The number of hydrogen-bond acceptors (Lipinski definition) is 8. The standard InChI is InChI=1S/C20H20BrN5O5/c1-20(2)30-14-12(7-27)29-19(15(14)31-20)26-9-24-13-16(22-8-23-17(13)26)25-18(28)10-3-5-11(21)6-4-10/h3-6,8-9,12,14-15,19,27H,7H2,1-2H3,(H,22,23,25,28)/t12-,14-,15+,19-/m1/s1. The second kappa shape index (κ2) is 7.61. The molecule has 0 unspecified atom stereocenters. The molecular formula is C20H20BrN5O5. The van der Waals surface area contributed by atoms with E-state index in [4.69, 9.17) is 14.2 Å². The van der Waals surface area contributed by atoms with Gasteiger partial charge in [-0.2, -0.15) is 0 Å². The van der Waals surface area contributed by atoms with E-state index in [2.05, 4.69) is 36.2 Å². The molecule has 4 atom stereocenters. The fourth-order valence-electron chi connectivity index (χ4n) is 3.94. The van der Waals surface area contributed by atoms with E-state index < -0.39 is 30.3 Å². The third kappa shape index (κ3) is 3.62. The quantitative estimate of drug-likeness (QED) is 0.572. The summed E-state index contributed by atoms with van der Waals surface area (Å²) in [6.07, 6.45) is 0.918. The summed E-state index contributed by atoms with van der Waals surface area (Å²) >= 11 is 3.35. The van der Waals surface area contributed by atoms with E-state index in [0.29, 0.717) is 16.7 Å². The first-order valence-electron chi connectivity index (χ1n) is 9.73. The molecule has 1 aromatic carbocycles. The second-order valence-electron chi connectivity index (χ2n) is 7.82. The van der Waals surface area contributed by atoms with Crippen molar-refractivity contribution < 1.29 is 24.1 Å². The van der Waals surface area contributed by atoms with Crippen molar-refractivity contribution in [3.63, 3.8) is 0 Å². The van der Waals surface area contributed by atoms with Crippen LogP contribution in [0.5, 0.6) is 0 Å². The Bertz CT molecular complexity index is 1130. The first-order chi connectivity index (χ1) is 14.9. The van der Waals surface area contributed by atoms with Gasteiger partial charge >= 0.3 is 0 Å². The summed E-state index contributed by atoms with van der Waals surface area (Å²) in [5.74, 6) is -0.817. The van der Waals surface area contributed by atoms with Crippen LogP contribution >= 0.6 is 15.9 Å². The molecule has 31 heavy (non-hydrogen) atoms. The lowest BCUT2D eigenvalue weighted by Crippen LogP contribution is -2.31. The molecule has 3 aromatic rings. The number of aliphatic hydroxyl groups excluding tert-OH is 1. The normalized spacial score (nSPS) is 26.8. The molecule has 4 heterocycles. The van der Waals surface area contributed by atoms with Crippen molar-refractivity contribution in [1.29, 1.82) is 0 Å². The predicted molar refractivity (Wildman–Crippen MR) is 112 cm³/mol. The lowest BCUT2D eigenvalue weighted by atomic mass is 10.1. The molecule has 5 rings (SSSR count). The number of aliphatic hydroxyl groups is 1. The van der Waals surface area contributed by atoms with E-state index >= 15 is 0 Å². The van der Waals surface area contributed by atoms with Crippen LogP contribution in [0.3, 0.4) is 0 Å². The number of amides is 1. The molecule has 2 aliphatic rings. The number of rotatable bonds is 4. The third-order valence-electron chi connectivity index (χ3n) is 5.28. The van der Waals surface area contributed by atoms with Crippen molar-refractivity contribution in [3.8, 4) is 0 Å². The van der Waals surface area contributed by atoms with Gasteiger partial charge in [-0.1, -0.05) is 15.9 Å². The second-order valence-corrected chi connectivity index (χ2v) is 8.74. The van der Waals surface area contributed by atoms with Crippen molar-refractivity contribution >= 4 is 38.8 Å². The number of fused-ring (bicyclic) bond motifs is 2. The van der Waals surface area contributed by atoms with Gasteiger partial charge in [-0.05, 0) is 38.1 Å². The van der Waals surface area contributed by atoms with E-state index in [1.165, 1.54) is 6.33 Å². The van der Waals surface area contributed by atoms with E-state index in [-0.39, 0.29) is 18.3 Å². The fourth-order valence-corrected chi connectivity index (χ4v) is 4.20. The van der Waals surface area contributed by atoms with Crippen molar-refractivity contribution in [2.45, 2.75) is 44.2 Å². The molecule has 0 bridgehead atoms. The van der Waals surface area contributed by atoms with Crippen LogP contribution in [0.15, 0.2) is 41.4 Å². The Hall–Kier alpha value is -2.44. The molecule has 10 nitrogen and oxygen atoms in total. The number of benzene rings is 1. The minimum atomic E-state index is -0.792. The minimum absolute atomic E-state index is 0.201. The van der Waals surface area contributed by atoms with Crippen molar-refractivity contribution in [2.75, 3.05) is 11.9 Å². The largest absolute Gasteiger partial charge is 0.394 e. The van der Waals surface area contributed by atoms with Crippen LogP contribution in [0, 0.1) is 0 Å². The van der Waals surface area contributed by atoms with Gasteiger partial charge < -0.3 is 24.6 Å². The van der Waals surface area contributed by atoms with E-state index in [1.807, 2.05) is 13.8 Å². The molecule has 0 saturated carbocycles. The Morgan fingerprint density at radius 1 is 1.19 bits per heavy atom. The highest BCUT2D eigenvalue weighted by atomic mass is 79.9. The van der Waals surface area contributed by atoms with Crippen LogP contribution in [-0.2, 0) is 14.2 Å². The first-order valence-corrected chi connectivity index (χ1v) is 10.5. The first kappa shape index (κ1) is 20.5. The Balaban J connectivity index is 1.46. The number of ether oxygens (including phenoxy) is 3. The van der Waals surface area contributed by atoms with Gasteiger partial charge in [0, 0.05) is 10.0 Å². The number of nitrogens with one attached hydrogen (secondary N) is 1. The van der Waals surface area contributed by atoms with Gasteiger partial charge in [0.1, 0.15) is 24.6 Å². The van der Waals surface area contributed by atoms with E-state index in [0.717, 1.165) is 4.47 Å². The average molecular weight is 490 g/mol. The zero-order valence-corrected chi connectivity index (χ0v) is 18.3. The van der Waals surface area contributed by atoms with Gasteiger partial charge in [-0.15, -0.1) is 0 Å². The summed E-state index contributed by atoms with van der Waals surface area (Å²) in [6.45, 7) is 3.44. The number of imidazole rings is 1. The van der Waals surface area contributed by atoms with Gasteiger partial charge in [0.05, 0.1) is 12.9 Å². The molecular weight excluding hydrogens is 470 g/mol. The van der Waals surface area contributed by atoms with Crippen LogP contribution in [0.1, 0.15) is 30.4 Å². The molecule has 0 aliphatic carbocycles. The average Bonchev–Trinajstić information content (AvgIpc) is 3.39. The summed E-state index contributed by atoms with van der Waals surface area (Å²) in [5, 5.41) is 12.5. The smallest absolute Gasteiger partial charge is 0.256 e. The summed E-state index contributed by atoms with van der Waals surface area (Å²) in [5.41, 5.74) is 1.37. The molecule has 162 valence electrons. The fraction of sp³-hybridized carbons (Fsp3) is 0.400. The number of carbonyl (C=O) groups is 1. The van der Waals surface area contributed by atoms with Crippen LogP contribution < -0.4 is 5.32 Å². The van der Waals surface area contributed by atoms with Crippen molar-refractivity contribution in [3.05, 3.63) is 47.0 Å². The monoisotopic (exact) mass is 489 g/mol. The maximum atomic E-state index is 12.6. The zero-order valence-electron chi connectivity index (χ0n) is 16.7. The number of aromatic nitrogens is 4. The highest BCUT2D eigenvalue weighted by Gasteiger charge is 2.56. The minimum Gasteiger partial charge on any atom is -0.394 e. The Morgan fingerprint density at radius 2 is 1.94 bits per heavy atom. The molecule has 2 aliphatic heterocycles. The lowest BCUT2D eigenvalue weighted by Gasteiger charge is -2.24. The molecule has 2 aromatic heterocycles. The Kier molecular flexibility index (Phi) is 5.02.